The fraction of sp³-hybridized carbons (Fsp3) is 0.400. The van der Waals surface area contributed by atoms with Crippen LogP contribution in [0.25, 0.3) is 10.9 Å². The molecule has 0 spiro atoms. The lowest BCUT2D eigenvalue weighted by Gasteiger charge is -2.30. The molecule has 4 rings (SSSR count). The molecule has 158 valence electrons. The first-order valence-corrected chi connectivity index (χ1v) is 10.7. The van der Waals surface area contributed by atoms with Gasteiger partial charge in [-0.05, 0) is 68.0 Å². The molecule has 0 unspecified atom stereocenters. The maximum absolute atomic E-state index is 5.37. The van der Waals surface area contributed by atoms with E-state index in [1.165, 1.54) is 16.5 Å². The number of aromatic nitrogens is 1. The van der Waals surface area contributed by atoms with Crippen molar-refractivity contribution >= 4 is 16.7 Å². The molecule has 1 heterocycles. The number of ether oxygens (including phenoxy) is 2. The Hall–Kier alpha value is -2.79. The molecule has 2 N–H and O–H groups in total. The first-order valence-electron chi connectivity index (χ1n) is 10.7. The molecule has 1 aliphatic rings. The molecule has 30 heavy (non-hydrogen) atoms. The van der Waals surface area contributed by atoms with Crippen LogP contribution in [-0.2, 0) is 6.54 Å². The highest BCUT2D eigenvalue weighted by Crippen LogP contribution is 2.26. The van der Waals surface area contributed by atoms with Gasteiger partial charge < -0.3 is 20.1 Å². The van der Waals surface area contributed by atoms with Crippen LogP contribution in [0.3, 0.4) is 0 Å². The van der Waals surface area contributed by atoms with Crippen molar-refractivity contribution in [2.45, 2.75) is 51.2 Å². The number of fused-ring (bicyclic) bond motifs is 1. The van der Waals surface area contributed by atoms with Crippen molar-refractivity contribution in [3.05, 3.63) is 59.7 Å². The predicted octanol–water partition coefficient (Wildman–Crippen LogP) is 5.07. The minimum Gasteiger partial charge on any atom is -0.497 e. The van der Waals surface area contributed by atoms with Crippen LogP contribution in [0.2, 0.25) is 0 Å². The van der Waals surface area contributed by atoms with Crippen LogP contribution in [0.1, 0.15) is 36.8 Å². The highest BCUT2D eigenvalue weighted by Gasteiger charge is 2.21. The molecule has 0 atom stereocenters. The van der Waals surface area contributed by atoms with E-state index in [1.807, 2.05) is 12.1 Å². The van der Waals surface area contributed by atoms with Gasteiger partial charge in [0.25, 0.3) is 0 Å². The van der Waals surface area contributed by atoms with E-state index in [-0.39, 0.29) is 0 Å². The van der Waals surface area contributed by atoms with Gasteiger partial charge in [-0.1, -0.05) is 18.2 Å². The standard InChI is InChI=1S/C25H31N3O2/c1-17-12-25(28-24-7-5-4-6-23(17)24)27-20-10-8-19(9-11-20)26-16-18-13-21(29-2)15-22(14-18)30-3/h4-7,12-15,19-20,26H,8-11,16H2,1-3H3,(H,27,28)/t19-,20+. The number of benzene rings is 2. The van der Waals surface area contributed by atoms with Crippen LogP contribution in [0.4, 0.5) is 5.82 Å². The van der Waals surface area contributed by atoms with Crippen molar-refractivity contribution < 1.29 is 9.47 Å². The van der Waals surface area contributed by atoms with E-state index in [0.29, 0.717) is 12.1 Å². The number of hydrogen-bond acceptors (Lipinski definition) is 5. The van der Waals surface area contributed by atoms with Gasteiger partial charge in [0, 0.05) is 30.1 Å². The molecular formula is C25H31N3O2. The summed E-state index contributed by atoms with van der Waals surface area (Å²) >= 11 is 0. The summed E-state index contributed by atoms with van der Waals surface area (Å²) in [7, 11) is 3.37. The SMILES string of the molecule is COc1cc(CN[C@H]2CC[C@@H](Nc3cc(C)c4ccccc4n3)CC2)cc(OC)c1. The third kappa shape index (κ3) is 4.85. The molecule has 1 aliphatic carbocycles. The first-order chi connectivity index (χ1) is 14.6. The van der Waals surface area contributed by atoms with Gasteiger partial charge in [-0.25, -0.2) is 4.98 Å². The van der Waals surface area contributed by atoms with E-state index in [4.69, 9.17) is 14.5 Å². The number of nitrogens with one attached hydrogen (secondary N) is 2. The van der Waals surface area contributed by atoms with Crippen LogP contribution in [0.15, 0.2) is 48.5 Å². The van der Waals surface area contributed by atoms with E-state index < -0.39 is 0 Å². The van der Waals surface area contributed by atoms with Gasteiger partial charge in [-0.15, -0.1) is 0 Å². The van der Waals surface area contributed by atoms with Crippen LogP contribution in [0.5, 0.6) is 11.5 Å². The molecule has 0 radical (unpaired) electrons. The number of nitrogens with zero attached hydrogens (tertiary/aromatic N) is 1. The van der Waals surface area contributed by atoms with Crippen molar-refractivity contribution in [2.75, 3.05) is 19.5 Å². The van der Waals surface area contributed by atoms with Crippen LogP contribution < -0.4 is 20.1 Å². The molecule has 0 bridgehead atoms. The van der Waals surface area contributed by atoms with Crippen molar-refractivity contribution in [3.8, 4) is 11.5 Å². The summed E-state index contributed by atoms with van der Waals surface area (Å²) in [6.45, 7) is 2.98. The van der Waals surface area contributed by atoms with E-state index >= 15 is 0 Å². The lowest BCUT2D eigenvalue weighted by molar-refractivity contribution is 0.351. The van der Waals surface area contributed by atoms with Crippen molar-refractivity contribution in [3.63, 3.8) is 0 Å². The van der Waals surface area contributed by atoms with Crippen LogP contribution >= 0.6 is 0 Å². The normalized spacial score (nSPS) is 18.9. The average molecular weight is 406 g/mol. The van der Waals surface area contributed by atoms with Gasteiger partial charge in [0.05, 0.1) is 19.7 Å². The van der Waals surface area contributed by atoms with E-state index in [2.05, 4.69) is 54.0 Å². The Labute approximate surface area is 178 Å². The second-order valence-corrected chi connectivity index (χ2v) is 8.14. The highest BCUT2D eigenvalue weighted by atomic mass is 16.5. The Morgan fingerprint density at radius 2 is 1.57 bits per heavy atom. The summed E-state index contributed by atoms with van der Waals surface area (Å²) < 4.78 is 10.7. The second-order valence-electron chi connectivity index (χ2n) is 8.14. The van der Waals surface area contributed by atoms with E-state index in [1.54, 1.807) is 14.2 Å². The summed E-state index contributed by atoms with van der Waals surface area (Å²) in [6, 6.07) is 17.6. The van der Waals surface area contributed by atoms with E-state index in [0.717, 1.165) is 55.1 Å². The Morgan fingerprint density at radius 1 is 0.900 bits per heavy atom. The quantitative estimate of drug-likeness (QED) is 0.575. The Bertz CT molecular complexity index is 975. The monoisotopic (exact) mass is 405 g/mol. The van der Waals surface area contributed by atoms with Gasteiger partial charge in [-0.2, -0.15) is 0 Å². The van der Waals surface area contributed by atoms with Crippen molar-refractivity contribution in [1.29, 1.82) is 0 Å². The number of methoxy groups -OCH3 is 2. The second kappa shape index (κ2) is 9.35. The van der Waals surface area contributed by atoms with Crippen molar-refractivity contribution in [1.82, 2.24) is 10.3 Å². The summed E-state index contributed by atoms with van der Waals surface area (Å²) in [4.78, 5) is 4.81. The zero-order chi connectivity index (χ0) is 20.9. The molecular weight excluding hydrogens is 374 g/mol. The summed E-state index contributed by atoms with van der Waals surface area (Å²) in [5.41, 5.74) is 3.51. The third-order valence-corrected chi connectivity index (χ3v) is 6.01. The zero-order valence-corrected chi connectivity index (χ0v) is 18.1. The Balaban J connectivity index is 1.30. The minimum absolute atomic E-state index is 0.480. The molecule has 1 aromatic heterocycles. The molecule has 0 amide bonds. The summed E-state index contributed by atoms with van der Waals surface area (Å²) in [5, 5.41) is 8.60. The van der Waals surface area contributed by atoms with Crippen LogP contribution in [0, 0.1) is 6.92 Å². The smallest absolute Gasteiger partial charge is 0.127 e. The number of hydrogen-bond donors (Lipinski definition) is 2. The van der Waals surface area contributed by atoms with Gasteiger partial charge in [0.2, 0.25) is 0 Å². The minimum atomic E-state index is 0.480. The predicted molar refractivity (Wildman–Crippen MR) is 123 cm³/mol. The van der Waals surface area contributed by atoms with Crippen LogP contribution in [-0.4, -0.2) is 31.3 Å². The lowest BCUT2D eigenvalue weighted by Crippen LogP contribution is -2.36. The molecule has 1 saturated carbocycles. The highest BCUT2D eigenvalue weighted by molar-refractivity contribution is 5.83. The topological polar surface area (TPSA) is 55.4 Å². The maximum Gasteiger partial charge on any atom is 0.127 e. The molecule has 1 fully saturated rings. The fourth-order valence-electron chi connectivity index (χ4n) is 4.31. The summed E-state index contributed by atoms with van der Waals surface area (Å²) in [5.74, 6) is 2.65. The molecule has 2 aromatic carbocycles. The number of para-hydroxylation sites is 1. The molecule has 3 aromatic rings. The van der Waals surface area contributed by atoms with Gasteiger partial charge >= 0.3 is 0 Å². The molecule has 0 saturated heterocycles. The molecule has 5 nitrogen and oxygen atoms in total. The van der Waals surface area contributed by atoms with E-state index in [9.17, 15) is 0 Å². The third-order valence-electron chi connectivity index (χ3n) is 6.01. The first kappa shape index (κ1) is 20.5. The number of rotatable bonds is 7. The number of anilines is 1. The van der Waals surface area contributed by atoms with Gasteiger partial charge in [0.15, 0.2) is 0 Å². The van der Waals surface area contributed by atoms with Gasteiger partial charge in [0.1, 0.15) is 17.3 Å². The molecule has 5 heteroatoms. The lowest BCUT2D eigenvalue weighted by atomic mass is 9.91. The average Bonchev–Trinajstić information content (AvgIpc) is 2.78. The number of pyridine rings is 1. The largest absolute Gasteiger partial charge is 0.497 e. The van der Waals surface area contributed by atoms with Gasteiger partial charge in [-0.3, -0.25) is 0 Å². The fourth-order valence-corrected chi connectivity index (χ4v) is 4.31. The molecule has 0 aliphatic heterocycles. The Kier molecular flexibility index (Phi) is 6.38. The maximum atomic E-state index is 5.37. The summed E-state index contributed by atoms with van der Waals surface area (Å²) in [6.07, 6.45) is 4.61. The number of aryl methyl sites for hydroxylation is 1. The van der Waals surface area contributed by atoms with Crippen molar-refractivity contribution in [2.24, 2.45) is 0 Å². The zero-order valence-electron chi connectivity index (χ0n) is 18.1. The Morgan fingerprint density at radius 3 is 2.27 bits per heavy atom.